The van der Waals surface area contributed by atoms with Crippen molar-refractivity contribution in [1.82, 2.24) is 0 Å². The van der Waals surface area contributed by atoms with E-state index in [4.69, 9.17) is 0 Å². The summed E-state index contributed by atoms with van der Waals surface area (Å²) in [4.78, 5) is 0. The van der Waals surface area contributed by atoms with Crippen LogP contribution in [0.5, 0.6) is 0 Å². The SMILES string of the molecule is C=C(C)c1ccccc1-c1ccc(-c2ccccc2)cc1. The van der Waals surface area contributed by atoms with Gasteiger partial charge in [-0.3, -0.25) is 0 Å². The Hall–Kier alpha value is -2.60. The van der Waals surface area contributed by atoms with Gasteiger partial charge >= 0.3 is 0 Å². The Morgan fingerprint density at radius 1 is 0.619 bits per heavy atom. The standard InChI is InChI=1S/C21H18/c1-16(2)20-10-6-7-11-21(20)19-14-12-18(13-15-19)17-8-4-3-5-9-17/h3-15H,1H2,2H3. The fourth-order valence-corrected chi connectivity index (χ4v) is 2.58. The number of benzene rings is 3. The van der Waals surface area contributed by atoms with Gasteiger partial charge in [-0.2, -0.15) is 0 Å². The average molecular weight is 270 g/mol. The van der Waals surface area contributed by atoms with Gasteiger partial charge in [0.05, 0.1) is 0 Å². The fraction of sp³-hybridized carbons (Fsp3) is 0.0476. The second-order valence-electron chi connectivity index (χ2n) is 5.27. The molecule has 0 amide bonds. The molecule has 0 saturated heterocycles. The number of hydrogen-bond donors (Lipinski definition) is 0. The molecular weight excluding hydrogens is 252 g/mol. The van der Waals surface area contributed by atoms with Crippen LogP contribution in [-0.4, -0.2) is 0 Å². The van der Waals surface area contributed by atoms with Crippen molar-refractivity contribution in [2.45, 2.75) is 6.92 Å². The molecule has 102 valence electrons. The minimum atomic E-state index is 1.10. The highest BCUT2D eigenvalue weighted by atomic mass is 14.1. The molecule has 0 radical (unpaired) electrons. The zero-order chi connectivity index (χ0) is 14.7. The number of hydrogen-bond acceptors (Lipinski definition) is 0. The Bertz CT molecular complexity index is 750. The molecule has 0 fully saturated rings. The van der Waals surface area contributed by atoms with Gasteiger partial charge in [0.2, 0.25) is 0 Å². The van der Waals surface area contributed by atoms with Crippen LogP contribution < -0.4 is 0 Å². The van der Waals surface area contributed by atoms with E-state index in [0.29, 0.717) is 0 Å². The van der Waals surface area contributed by atoms with Crippen molar-refractivity contribution in [2.75, 3.05) is 0 Å². The lowest BCUT2D eigenvalue weighted by molar-refractivity contribution is 1.54. The van der Waals surface area contributed by atoms with E-state index in [9.17, 15) is 0 Å². The Morgan fingerprint density at radius 2 is 1.14 bits per heavy atom. The average Bonchev–Trinajstić information content (AvgIpc) is 2.56. The summed E-state index contributed by atoms with van der Waals surface area (Å²) in [6.07, 6.45) is 0. The highest BCUT2D eigenvalue weighted by Crippen LogP contribution is 2.29. The normalized spacial score (nSPS) is 10.3. The van der Waals surface area contributed by atoms with Gasteiger partial charge in [-0.05, 0) is 34.7 Å². The minimum absolute atomic E-state index is 1.10. The first kappa shape index (κ1) is 13.4. The molecule has 0 aliphatic carbocycles. The molecule has 21 heavy (non-hydrogen) atoms. The Kier molecular flexibility index (Phi) is 3.70. The number of allylic oxidation sites excluding steroid dienone is 1. The molecule has 0 heteroatoms. The molecular formula is C21H18. The Morgan fingerprint density at radius 3 is 1.81 bits per heavy atom. The third-order valence-electron chi connectivity index (χ3n) is 3.69. The lowest BCUT2D eigenvalue weighted by atomic mass is 9.94. The van der Waals surface area contributed by atoms with E-state index in [0.717, 1.165) is 5.57 Å². The van der Waals surface area contributed by atoms with E-state index in [1.54, 1.807) is 0 Å². The van der Waals surface area contributed by atoms with E-state index in [1.807, 2.05) is 6.07 Å². The van der Waals surface area contributed by atoms with E-state index in [-0.39, 0.29) is 0 Å². The molecule has 0 N–H and O–H groups in total. The Balaban J connectivity index is 2.01. The summed E-state index contributed by atoms with van der Waals surface area (Å²) < 4.78 is 0. The van der Waals surface area contributed by atoms with Crippen molar-refractivity contribution in [3.63, 3.8) is 0 Å². The van der Waals surface area contributed by atoms with E-state index in [2.05, 4.69) is 86.3 Å². The van der Waals surface area contributed by atoms with Crippen LogP contribution >= 0.6 is 0 Å². The van der Waals surface area contributed by atoms with Crippen LogP contribution in [-0.2, 0) is 0 Å². The molecule has 0 spiro atoms. The first-order valence-electron chi connectivity index (χ1n) is 7.16. The fourth-order valence-electron chi connectivity index (χ4n) is 2.58. The maximum Gasteiger partial charge on any atom is -0.0109 e. The van der Waals surface area contributed by atoms with Gasteiger partial charge in [-0.15, -0.1) is 0 Å². The van der Waals surface area contributed by atoms with Crippen LogP contribution in [0.1, 0.15) is 12.5 Å². The van der Waals surface area contributed by atoms with Gasteiger partial charge in [0, 0.05) is 0 Å². The Labute approximate surface area is 126 Å². The summed E-state index contributed by atoms with van der Waals surface area (Å²) in [5, 5.41) is 0. The molecule has 0 unspecified atom stereocenters. The van der Waals surface area contributed by atoms with Crippen LogP contribution in [0.15, 0.2) is 85.4 Å². The van der Waals surface area contributed by atoms with Gasteiger partial charge in [-0.1, -0.05) is 91.0 Å². The molecule has 0 aliphatic heterocycles. The highest BCUT2D eigenvalue weighted by Gasteiger charge is 2.05. The van der Waals surface area contributed by atoms with Crippen LogP contribution in [0.3, 0.4) is 0 Å². The zero-order valence-corrected chi connectivity index (χ0v) is 12.2. The summed E-state index contributed by atoms with van der Waals surface area (Å²) in [6.45, 7) is 6.13. The summed E-state index contributed by atoms with van der Waals surface area (Å²) in [6, 6.07) is 27.6. The monoisotopic (exact) mass is 270 g/mol. The summed E-state index contributed by atoms with van der Waals surface area (Å²) >= 11 is 0. The van der Waals surface area contributed by atoms with Gasteiger partial charge in [-0.25, -0.2) is 0 Å². The van der Waals surface area contributed by atoms with Gasteiger partial charge in [0.25, 0.3) is 0 Å². The molecule has 3 aromatic carbocycles. The van der Waals surface area contributed by atoms with Gasteiger partial charge in [0.1, 0.15) is 0 Å². The van der Waals surface area contributed by atoms with Crippen molar-refractivity contribution < 1.29 is 0 Å². The minimum Gasteiger partial charge on any atom is -0.0955 e. The van der Waals surface area contributed by atoms with Crippen molar-refractivity contribution in [3.05, 3.63) is 91.0 Å². The smallest absolute Gasteiger partial charge is 0.0109 e. The topological polar surface area (TPSA) is 0 Å². The van der Waals surface area contributed by atoms with Crippen molar-refractivity contribution in [1.29, 1.82) is 0 Å². The van der Waals surface area contributed by atoms with E-state index < -0.39 is 0 Å². The van der Waals surface area contributed by atoms with Crippen LogP contribution in [0.25, 0.3) is 27.8 Å². The molecule has 0 atom stereocenters. The lowest BCUT2D eigenvalue weighted by Gasteiger charge is -2.10. The number of rotatable bonds is 3. The largest absolute Gasteiger partial charge is 0.0955 e. The van der Waals surface area contributed by atoms with Crippen molar-refractivity contribution in [3.8, 4) is 22.3 Å². The maximum atomic E-state index is 4.08. The van der Waals surface area contributed by atoms with Crippen LogP contribution in [0, 0.1) is 0 Å². The first-order chi connectivity index (χ1) is 10.3. The van der Waals surface area contributed by atoms with Gasteiger partial charge < -0.3 is 0 Å². The molecule has 0 aromatic heterocycles. The molecule has 0 aliphatic rings. The second-order valence-corrected chi connectivity index (χ2v) is 5.27. The first-order valence-corrected chi connectivity index (χ1v) is 7.16. The second kappa shape index (κ2) is 5.80. The van der Waals surface area contributed by atoms with E-state index in [1.165, 1.54) is 27.8 Å². The van der Waals surface area contributed by atoms with Crippen molar-refractivity contribution >= 4 is 5.57 Å². The highest BCUT2D eigenvalue weighted by molar-refractivity contribution is 5.80. The van der Waals surface area contributed by atoms with Crippen LogP contribution in [0.2, 0.25) is 0 Å². The molecule has 0 heterocycles. The molecule has 3 rings (SSSR count). The summed E-state index contributed by atoms with van der Waals surface area (Å²) in [5.74, 6) is 0. The van der Waals surface area contributed by atoms with Gasteiger partial charge in [0.15, 0.2) is 0 Å². The predicted octanol–water partition coefficient (Wildman–Crippen LogP) is 6.05. The molecule has 0 nitrogen and oxygen atoms in total. The lowest BCUT2D eigenvalue weighted by Crippen LogP contribution is -1.86. The molecule has 0 saturated carbocycles. The quantitative estimate of drug-likeness (QED) is 0.543. The third kappa shape index (κ3) is 2.80. The molecule has 3 aromatic rings. The van der Waals surface area contributed by atoms with Crippen LogP contribution in [0.4, 0.5) is 0 Å². The van der Waals surface area contributed by atoms with E-state index >= 15 is 0 Å². The van der Waals surface area contributed by atoms with Crippen molar-refractivity contribution in [2.24, 2.45) is 0 Å². The maximum absolute atomic E-state index is 4.08. The summed E-state index contributed by atoms with van der Waals surface area (Å²) in [5.41, 5.74) is 7.27. The predicted molar refractivity (Wildman–Crippen MR) is 92.0 cm³/mol. The summed E-state index contributed by atoms with van der Waals surface area (Å²) in [7, 11) is 0. The zero-order valence-electron chi connectivity index (χ0n) is 12.2. The third-order valence-corrected chi connectivity index (χ3v) is 3.69. The molecule has 0 bridgehead atoms.